The van der Waals surface area contributed by atoms with Gasteiger partial charge in [-0.2, -0.15) is 0 Å². The zero-order chi connectivity index (χ0) is 25.5. The summed E-state index contributed by atoms with van der Waals surface area (Å²) >= 11 is 0. The van der Waals surface area contributed by atoms with E-state index in [0.29, 0.717) is 17.8 Å². The molecule has 4 rings (SSSR count). The average molecular weight is 496 g/mol. The molecule has 2 atom stereocenters. The normalized spacial score (nSPS) is 17.3. The highest BCUT2D eigenvalue weighted by Crippen LogP contribution is 2.32. The first kappa shape index (κ1) is 25.2. The summed E-state index contributed by atoms with van der Waals surface area (Å²) in [6.07, 6.45) is 1.30. The quantitative estimate of drug-likeness (QED) is 0.291. The molecule has 0 saturated carbocycles. The number of anilines is 1. The summed E-state index contributed by atoms with van der Waals surface area (Å²) in [5, 5.41) is 21.1. The van der Waals surface area contributed by atoms with Crippen molar-refractivity contribution >= 4 is 11.6 Å². The fourth-order valence-electron chi connectivity index (χ4n) is 4.03. The van der Waals surface area contributed by atoms with E-state index >= 15 is 0 Å². The second-order valence-electron chi connectivity index (χ2n) is 8.21. The van der Waals surface area contributed by atoms with Crippen molar-refractivity contribution in [1.29, 1.82) is 0 Å². The van der Waals surface area contributed by atoms with Gasteiger partial charge in [0.05, 0.1) is 32.1 Å². The number of amides is 1. The number of allylic oxidation sites excluding steroid dienone is 1. The second kappa shape index (κ2) is 11.7. The first-order chi connectivity index (χ1) is 17.5. The van der Waals surface area contributed by atoms with Gasteiger partial charge in [0.25, 0.3) is 11.5 Å². The minimum Gasteiger partial charge on any atom is -0.508 e. The van der Waals surface area contributed by atoms with Gasteiger partial charge in [0.2, 0.25) is 6.29 Å². The molecule has 0 bridgehead atoms. The van der Waals surface area contributed by atoms with E-state index in [0.717, 1.165) is 5.69 Å². The Morgan fingerprint density at radius 2 is 1.86 bits per heavy atom. The molecule has 0 unspecified atom stereocenters. The Balaban J connectivity index is 1.59. The van der Waals surface area contributed by atoms with Crippen LogP contribution in [0.25, 0.3) is 5.69 Å². The molecule has 3 aromatic rings. The molecule has 0 fully saturated rings. The van der Waals surface area contributed by atoms with Gasteiger partial charge in [-0.25, -0.2) is 4.68 Å². The zero-order valence-electron chi connectivity index (χ0n) is 19.9. The number of phenolic OH excluding ortho intramolecular Hbond substituents is 1. The zero-order valence-corrected chi connectivity index (χ0v) is 19.9. The lowest BCUT2D eigenvalue weighted by Gasteiger charge is -2.29. The highest BCUT2D eigenvalue weighted by Gasteiger charge is 2.31. The summed E-state index contributed by atoms with van der Waals surface area (Å²) in [6.45, 7) is 0.576. The number of ether oxygens (including phenoxy) is 3. The summed E-state index contributed by atoms with van der Waals surface area (Å²) in [7, 11) is 1.79. The van der Waals surface area contributed by atoms with Crippen molar-refractivity contribution in [1.82, 2.24) is 9.36 Å². The third-order valence-electron chi connectivity index (χ3n) is 5.71. The van der Waals surface area contributed by atoms with E-state index in [2.05, 4.69) is 5.32 Å². The van der Waals surface area contributed by atoms with Crippen LogP contribution in [0.15, 0.2) is 77.3 Å². The molecule has 0 saturated heterocycles. The fourth-order valence-corrected chi connectivity index (χ4v) is 4.03. The van der Waals surface area contributed by atoms with E-state index < -0.39 is 12.2 Å². The monoisotopic (exact) mass is 495 g/mol. The third kappa shape index (κ3) is 6.03. The smallest absolute Gasteiger partial charge is 0.290 e. The third-order valence-corrected chi connectivity index (χ3v) is 5.71. The molecule has 3 N–H and O–H groups in total. The summed E-state index contributed by atoms with van der Waals surface area (Å²) < 4.78 is 20.2. The summed E-state index contributed by atoms with van der Waals surface area (Å²) in [6, 6.07) is 16.9. The number of phenols is 1. The van der Waals surface area contributed by atoms with E-state index in [1.165, 1.54) is 12.1 Å². The van der Waals surface area contributed by atoms with Crippen LogP contribution in [0.1, 0.15) is 18.0 Å². The van der Waals surface area contributed by atoms with Crippen LogP contribution in [0.5, 0.6) is 5.75 Å². The fraction of sp³-hybridized carbons (Fsp3) is 0.308. The van der Waals surface area contributed by atoms with Crippen molar-refractivity contribution in [2.75, 3.05) is 31.7 Å². The molecule has 1 aromatic heterocycles. The van der Waals surface area contributed by atoms with E-state index in [-0.39, 0.29) is 49.4 Å². The van der Waals surface area contributed by atoms with Crippen LogP contribution in [0.3, 0.4) is 0 Å². The van der Waals surface area contributed by atoms with Gasteiger partial charge in [0.1, 0.15) is 5.75 Å². The van der Waals surface area contributed by atoms with E-state index in [1.54, 1.807) is 40.7 Å². The number of rotatable bonds is 10. The predicted molar refractivity (Wildman–Crippen MR) is 132 cm³/mol. The van der Waals surface area contributed by atoms with Gasteiger partial charge in [0.15, 0.2) is 5.76 Å². The first-order valence-electron chi connectivity index (χ1n) is 11.6. The Morgan fingerprint density at radius 1 is 1.11 bits per heavy atom. The predicted octanol–water partition coefficient (Wildman–Crippen LogP) is 2.26. The van der Waals surface area contributed by atoms with Crippen molar-refractivity contribution < 1.29 is 29.2 Å². The number of aliphatic hydroxyl groups is 1. The molecule has 36 heavy (non-hydrogen) atoms. The number of aromatic nitrogens is 2. The molecule has 0 radical (unpaired) electrons. The SMILES string of the molecule is Cn1c([C@H]2C=C(C(=O)Nc3ccc(O)cc3)O[C@@H](OCCOCCO)C2)cc(=O)n1-c1ccccc1. The molecule has 0 aliphatic carbocycles. The van der Waals surface area contributed by atoms with Crippen molar-refractivity contribution in [2.45, 2.75) is 18.6 Å². The van der Waals surface area contributed by atoms with Crippen LogP contribution in [0, 0.1) is 0 Å². The standard InChI is InChI=1S/C26H29N3O7/c1-28-22(17-24(32)29(28)20-5-3-2-4-6-20)18-15-23(26(33)27-19-7-9-21(31)10-8-19)36-25(16-18)35-14-13-34-12-11-30/h2-10,15,17-18,25,30-31H,11-14,16H2,1H3,(H,27,33)/t18-,25+/m0/s1. The number of aliphatic hydroxyl groups excluding tert-OH is 1. The lowest BCUT2D eigenvalue weighted by atomic mass is 9.97. The van der Waals surface area contributed by atoms with Crippen LogP contribution in [0.4, 0.5) is 5.69 Å². The average Bonchev–Trinajstić information content (AvgIpc) is 3.19. The van der Waals surface area contributed by atoms with Crippen LogP contribution in [-0.4, -0.2) is 58.2 Å². The van der Waals surface area contributed by atoms with E-state index in [9.17, 15) is 14.7 Å². The van der Waals surface area contributed by atoms with Crippen molar-refractivity contribution in [3.8, 4) is 11.4 Å². The maximum absolute atomic E-state index is 13.0. The molecule has 190 valence electrons. The van der Waals surface area contributed by atoms with Crippen LogP contribution in [0.2, 0.25) is 0 Å². The lowest BCUT2D eigenvalue weighted by Crippen LogP contribution is -2.31. The minimum absolute atomic E-state index is 0.0560. The molecule has 1 aliphatic heterocycles. The number of benzene rings is 2. The number of hydrogen-bond donors (Lipinski definition) is 3. The molecular weight excluding hydrogens is 466 g/mol. The Bertz CT molecular complexity index is 1250. The van der Waals surface area contributed by atoms with Crippen molar-refractivity contribution in [2.24, 2.45) is 7.05 Å². The maximum Gasteiger partial charge on any atom is 0.290 e. The van der Waals surface area contributed by atoms with Gasteiger partial charge < -0.3 is 29.7 Å². The molecule has 10 heteroatoms. The molecule has 1 aliphatic rings. The number of hydrogen-bond acceptors (Lipinski definition) is 7. The molecule has 2 aromatic carbocycles. The molecule has 1 amide bonds. The number of para-hydroxylation sites is 1. The number of nitrogens with zero attached hydrogens (tertiary/aromatic N) is 2. The van der Waals surface area contributed by atoms with Crippen LogP contribution < -0.4 is 10.9 Å². The Labute approximate surface area is 207 Å². The second-order valence-corrected chi connectivity index (χ2v) is 8.21. The van der Waals surface area contributed by atoms with Crippen molar-refractivity contribution in [3.63, 3.8) is 0 Å². The molecule has 2 heterocycles. The Kier molecular flexibility index (Phi) is 8.21. The molecule has 0 spiro atoms. The summed E-state index contributed by atoms with van der Waals surface area (Å²) in [5.41, 5.74) is 1.73. The highest BCUT2D eigenvalue weighted by atomic mass is 16.7. The van der Waals surface area contributed by atoms with Gasteiger partial charge in [0, 0.05) is 36.8 Å². The van der Waals surface area contributed by atoms with Crippen LogP contribution >= 0.6 is 0 Å². The molecule has 10 nitrogen and oxygen atoms in total. The largest absolute Gasteiger partial charge is 0.508 e. The maximum atomic E-state index is 13.0. The minimum atomic E-state index is -0.756. The summed E-state index contributed by atoms with van der Waals surface area (Å²) in [4.78, 5) is 25.9. The van der Waals surface area contributed by atoms with Crippen LogP contribution in [-0.2, 0) is 26.1 Å². The van der Waals surface area contributed by atoms with Gasteiger partial charge in [-0.05, 0) is 42.5 Å². The van der Waals surface area contributed by atoms with E-state index in [4.69, 9.17) is 19.3 Å². The first-order valence-corrected chi connectivity index (χ1v) is 11.6. The lowest BCUT2D eigenvalue weighted by molar-refractivity contribution is -0.149. The van der Waals surface area contributed by atoms with Gasteiger partial charge >= 0.3 is 0 Å². The number of nitrogens with one attached hydrogen (secondary N) is 1. The Hall–Kier alpha value is -3.86. The summed E-state index contributed by atoms with van der Waals surface area (Å²) in [5.74, 6) is -0.684. The van der Waals surface area contributed by atoms with Gasteiger partial charge in [-0.3, -0.25) is 14.3 Å². The van der Waals surface area contributed by atoms with Gasteiger partial charge in [-0.1, -0.05) is 18.2 Å². The number of aromatic hydroxyl groups is 1. The van der Waals surface area contributed by atoms with E-state index in [1.807, 2.05) is 30.3 Å². The molecular formula is C26H29N3O7. The topological polar surface area (TPSA) is 124 Å². The van der Waals surface area contributed by atoms with Crippen molar-refractivity contribution in [3.05, 3.63) is 88.5 Å². The highest BCUT2D eigenvalue weighted by molar-refractivity contribution is 6.02. The number of carbonyl (C=O) groups is 1. The van der Waals surface area contributed by atoms with Gasteiger partial charge in [-0.15, -0.1) is 0 Å². The number of carbonyl (C=O) groups excluding carboxylic acids is 1. The Morgan fingerprint density at radius 3 is 2.58 bits per heavy atom.